The van der Waals surface area contributed by atoms with Gasteiger partial charge in [0, 0.05) is 12.5 Å². The molecule has 1 aliphatic carbocycles. The van der Waals surface area contributed by atoms with Gasteiger partial charge in [-0.1, -0.05) is 54.1 Å². The number of sulfonamides is 1. The number of esters is 1. The second kappa shape index (κ2) is 9.02. The topological polar surface area (TPSA) is 76.0 Å². The molecule has 2 atom stereocenters. The summed E-state index contributed by atoms with van der Waals surface area (Å²) in [6.07, 6.45) is 3.00. The molecule has 0 aromatic heterocycles. The standard InChI is InChI=1S/C28H25FN2O4S/c1-3-35-27(32)28-25(15-20-7-5-4-6-8-20)24-16-21(29)11-14-23(24)26(28)17-31(18-30-28)36(33,34)22-12-9-19(2)10-13-22/h4-16,18,26H,3,17H2,1-2H3/b25-15-. The maximum Gasteiger partial charge on any atom is 0.339 e. The van der Waals surface area contributed by atoms with E-state index in [9.17, 15) is 17.6 Å². The molecule has 2 aliphatic rings. The molecule has 0 bridgehead atoms. The summed E-state index contributed by atoms with van der Waals surface area (Å²) in [7, 11) is -3.93. The Morgan fingerprint density at radius 1 is 1.14 bits per heavy atom. The van der Waals surface area contributed by atoms with Gasteiger partial charge in [0.05, 0.1) is 11.5 Å². The van der Waals surface area contributed by atoms with Gasteiger partial charge in [0.25, 0.3) is 10.0 Å². The van der Waals surface area contributed by atoms with E-state index in [1.165, 1.54) is 18.5 Å². The predicted molar refractivity (Wildman–Crippen MR) is 136 cm³/mol. The second-order valence-electron chi connectivity index (χ2n) is 8.87. The fourth-order valence-electron chi connectivity index (χ4n) is 4.91. The molecule has 0 radical (unpaired) electrons. The highest BCUT2D eigenvalue weighted by Gasteiger charge is 2.59. The zero-order valence-electron chi connectivity index (χ0n) is 19.9. The Hall–Kier alpha value is -3.78. The van der Waals surface area contributed by atoms with Gasteiger partial charge >= 0.3 is 5.97 Å². The normalized spacial score (nSPS) is 21.8. The molecule has 1 aliphatic heterocycles. The highest BCUT2D eigenvalue weighted by molar-refractivity contribution is 7.89. The number of hydrogen-bond acceptors (Lipinski definition) is 5. The number of hydrogen-bond donors (Lipinski definition) is 0. The summed E-state index contributed by atoms with van der Waals surface area (Å²) in [5.74, 6) is -1.76. The first-order valence-electron chi connectivity index (χ1n) is 11.7. The van der Waals surface area contributed by atoms with E-state index in [0.29, 0.717) is 16.7 Å². The lowest BCUT2D eigenvalue weighted by molar-refractivity contribution is -0.147. The van der Waals surface area contributed by atoms with Crippen molar-refractivity contribution in [1.82, 2.24) is 4.31 Å². The summed E-state index contributed by atoms with van der Waals surface area (Å²) in [4.78, 5) is 18.3. The smallest absolute Gasteiger partial charge is 0.339 e. The molecular formula is C28H25FN2O4S. The fraction of sp³-hybridized carbons (Fsp3) is 0.214. The van der Waals surface area contributed by atoms with E-state index < -0.39 is 33.3 Å². The number of fused-ring (bicyclic) bond motifs is 3. The zero-order valence-corrected chi connectivity index (χ0v) is 20.7. The minimum Gasteiger partial charge on any atom is -0.464 e. The van der Waals surface area contributed by atoms with Gasteiger partial charge in [0.1, 0.15) is 12.2 Å². The number of aryl methyl sites for hydroxylation is 1. The van der Waals surface area contributed by atoms with E-state index in [1.807, 2.05) is 37.3 Å². The molecule has 6 nitrogen and oxygen atoms in total. The van der Waals surface area contributed by atoms with Crippen molar-refractivity contribution in [2.45, 2.75) is 30.2 Å². The van der Waals surface area contributed by atoms with Crippen molar-refractivity contribution < 1.29 is 22.3 Å². The number of carbonyl (C=O) groups is 1. The van der Waals surface area contributed by atoms with E-state index in [4.69, 9.17) is 4.74 Å². The molecule has 8 heteroatoms. The van der Waals surface area contributed by atoms with Crippen molar-refractivity contribution in [3.63, 3.8) is 0 Å². The van der Waals surface area contributed by atoms with Crippen LogP contribution in [0.15, 0.2) is 82.7 Å². The minimum atomic E-state index is -3.93. The molecule has 0 amide bonds. The van der Waals surface area contributed by atoms with Crippen LogP contribution in [0.25, 0.3) is 11.6 Å². The Bertz CT molecular complexity index is 1480. The van der Waals surface area contributed by atoms with Crippen LogP contribution in [-0.2, 0) is 19.6 Å². The van der Waals surface area contributed by atoms with Crippen LogP contribution in [-0.4, -0.2) is 43.7 Å². The van der Waals surface area contributed by atoms with Crippen molar-refractivity contribution in [1.29, 1.82) is 0 Å². The number of nitrogens with zero attached hydrogens (tertiary/aromatic N) is 2. The van der Waals surface area contributed by atoms with Gasteiger partial charge in [-0.25, -0.2) is 17.6 Å². The lowest BCUT2D eigenvalue weighted by atomic mass is 9.80. The number of ether oxygens (including phenoxy) is 1. The first-order chi connectivity index (χ1) is 17.3. The Morgan fingerprint density at radius 3 is 2.56 bits per heavy atom. The summed E-state index contributed by atoms with van der Waals surface area (Å²) in [5, 5.41) is 0. The molecule has 0 saturated heterocycles. The van der Waals surface area contributed by atoms with Gasteiger partial charge in [0.2, 0.25) is 0 Å². The average Bonchev–Trinajstić information content (AvgIpc) is 3.14. The SMILES string of the molecule is CCOC(=O)C12N=CN(S(=O)(=O)c3ccc(C)cc3)CC1c1ccc(F)cc1/C2=C/c1ccccc1. The molecule has 2 unspecified atom stereocenters. The second-order valence-corrected chi connectivity index (χ2v) is 10.8. The third kappa shape index (κ3) is 3.82. The molecule has 184 valence electrons. The molecule has 5 rings (SSSR count). The van der Waals surface area contributed by atoms with Gasteiger partial charge < -0.3 is 4.74 Å². The molecule has 1 heterocycles. The monoisotopic (exact) mass is 504 g/mol. The first kappa shape index (κ1) is 23.9. The number of halogens is 1. The van der Waals surface area contributed by atoms with Crippen molar-refractivity contribution in [2.24, 2.45) is 4.99 Å². The van der Waals surface area contributed by atoms with Crippen molar-refractivity contribution in [3.05, 3.63) is 101 Å². The van der Waals surface area contributed by atoms with E-state index >= 15 is 0 Å². The van der Waals surface area contributed by atoms with E-state index in [2.05, 4.69) is 4.99 Å². The number of rotatable bonds is 5. The lowest BCUT2D eigenvalue weighted by Crippen LogP contribution is -2.51. The van der Waals surface area contributed by atoms with Crippen LogP contribution in [0.3, 0.4) is 0 Å². The summed E-state index contributed by atoms with van der Waals surface area (Å²) in [6, 6.07) is 20.2. The van der Waals surface area contributed by atoms with Crippen LogP contribution in [0.5, 0.6) is 0 Å². The van der Waals surface area contributed by atoms with Crippen LogP contribution in [0.4, 0.5) is 4.39 Å². The molecule has 3 aromatic carbocycles. The Balaban J connectivity index is 1.71. The van der Waals surface area contributed by atoms with E-state index in [0.717, 1.165) is 15.4 Å². The van der Waals surface area contributed by atoms with Gasteiger partial charge in [0.15, 0.2) is 5.54 Å². The zero-order chi connectivity index (χ0) is 25.5. The summed E-state index contributed by atoms with van der Waals surface area (Å²) >= 11 is 0. The number of aliphatic imine (C=N–C) groups is 1. The summed E-state index contributed by atoms with van der Waals surface area (Å²) in [5.41, 5.74) is 1.84. The predicted octanol–water partition coefficient (Wildman–Crippen LogP) is 4.81. The maximum atomic E-state index is 14.5. The van der Waals surface area contributed by atoms with Crippen molar-refractivity contribution in [3.8, 4) is 0 Å². The molecule has 3 aromatic rings. The Labute approximate surface area is 209 Å². The highest BCUT2D eigenvalue weighted by atomic mass is 32.2. The Kier molecular flexibility index (Phi) is 6.00. The van der Waals surface area contributed by atoms with Gasteiger partial charge in [-0.05, 0) is 66.5 Å². The van der Waals surface area contributed by atoms with Crippen LogP contribution in [0, 0.1) is 12.7 Å². The van der Waals surface area contributed by atoms with Crippen LogP contribution in [0.2, 0.25) is 0 Å². The maximum absolute atomic E-state index is 14.5. The Morgan fingerprint density at radius 2 is 1.86 bits per heavy atom. The average molecular weight is 505 g/mol. The third-order valence-corrected chi connectivity index (χ3v) is 8.40. The quantitative estimate of drug-likeness (QED) is 0.468. The fourth-order valence-corrected chi connectivity index (χ4v) is 6.18. The van der Waals surface area contributed by atoms with Crippen LogP contribution in [0.1, 0.15) is 35.1 Å². The molecular weight excluding hydrogens is 479 g/mol. The van der Waals surface area contributed by atoms with Gasteiger partial charge in [-0.15, -0.1) is 0 Å². The van der Waals surface area contributed by atoms with Gasteiger partial charge in [-0.3, -0.25) is 9.30 Å². The largest absolute Gasteiger partial charge is 0.464 e. The highest BCUT2D eigenvalue weighted by Crippen LogP contribution is 2.54. The number of carbonyl (C=O) groups excluding carboxylic acids is 1. The molecule has 0 saturated carbocycles. The minimum absolute atomic E-state index is 0.0523. The van der Waals surface area contributed by atoms with Crippen molar-refractivity contribution in [2.75, 3.05) is 13.2 Å². The lowest BCUT2D eigenvalue weighted by Gasteiger charge is -2.38. The van der Waals surface area contributed by atoms with E-state index in [-0.39, 0.29) is 18.0 Å². The van der Waals surface area contributed by atoms with Crippen molar-refractivity contribution >= 4 is 34.0 Å². The van der Waals surface area contributed by atoms with E-state index in [1.54, 1.807) is 43.3 Å². The third-order valence-electron chi connectivity index (χ3n) is 6.67. The summed E-state index contributed by atoms with van der Waals surface area (Å²) < 4.78 is 48.0. The first-order valence-corrected chi connectivity index (χ1v) is 13.1. The molecule has 0 fully saturated rings. The molecule has 0 spiro atoms. The van der Waals surface area contributed by atoms with Gasteiger partial charge in [-0.2, -0.15) is 0 Å². The molecule has 0 N–H and O–H groups in total. The van der Waals surface area contributed by atoms with Crippen LogP contribution >= 0.6 is 0 Å². The number of benzene rings is 3. The summed E-state index contributed by atoms with van der Waals surface area (Å²) in [6.45, 7) is 3.65. The van der Waals surface area contributed by atoms with Crippen LogP contribution < -0.4 is 0 Å². The molecule has 36 heavy (non-hydrogen) atoms.